The van der Waals surface area contributed by atoms with Crippen LogP contribution < -0.4 is 0 Å². The Balaban J connectivity index is 4.18. The Hall–Kier alpha value is -2.11. The number of hydrogen-bond acceptors (Lipinski definition) is 6. The molecule has 0 aromatic carbocycles. The molecule has 0 radical (unpaired) electrons. The van der Waals surface area contributed by atoms with Gasteiger partial charge >= 0.3 is 17.9 Å². The topological polar surface area (TPSA) is 78.9 Å². The van der Waals surface area contributed by atoms with E-state index in [-0.39, 0.29) is 31.1 Å². The first-order valence-corrected chi connectivity index (χ1v) is 34.8. The molecule has 0 heterocycles. The summed E-state index contributed by atoms with van der Waals surface area (Å²) in [5.74, 6) is -0.838. The minimum absolute atomic E-state index is 0.0655. The van der Waals surface area contributed by atoms with Gasteiger partial charge in [-0.2, -0.15) is 0 Å². The number of unbranched alkanes of at least 4 members (excludes halogenated alkanes) is 50. The molecule has 1 unspecified atom stereocenters. The zero-order chi connectivity index (χ0) is 55.7. The summed E-state index contributed by atoms with van der Waals surface area (Å²) in [7, 11) is 0. The van der Waals surface area contributed by atoms with Crippen molar-refractivity contribution in [2.75, 3.05) is 13.2 Å². The van der Waals surface area contributed by atoms with Gasteiger partial charge in [-0.3, -0.25) is 14.4 Å². The molecule has 0 spiro atoms. The average Bonchev–Trinajstić information content (AvgIpc) is 3.43. The Kier molecular flexibility index (Phi) is 64.6. The molecule has 77 heavy (non-hydrogen) atoms. The lowest BCUT2D eigenvalue weighted by Crippen LogP contribution is -2.30. The van der Waals surface area contributed by atoms with Crippen LogP contribution in [0.15, 0.2) is 24.3 Å². The molecule has 6 heteroatoms. The van der Waals surface area contributed by atoms with E-state index in [1.54, 1.807) is 0 Å². The lowest BCUT2D eigenvalue weighted by molar-refractivity contribution is -0.167. The molecule has 0 saturated heterocycles. The zero-order valence-corrected chi connectivity index (χ0v) is 52.3. The molecule has 0 bridgehead atoms. The van der Waals surface area contributed by atoms with E-state index in [2.05, 4.69) is 45.1 Å². The van der Waals surface area contributed by atoms with E-state index in [1.807, 2.05) is 0 Å². The van der Waals surface area contributed by atoms with Gasteiger partial charge in [-0.25, -0.2) is 0 Å². The normalized spacial score (nSPS) is 12.1. The van der Waals surface area contributed by atoms with E-state index in [9.17, 15) is 14.4 Å². The summed E-state index contributed by atoms with van der Waals surface area (Å²) in [6.45, 7) is 6.70. The van der Waals surface area contributed by atoms with Gasteiger partial charge in [0.05, 0.1) is 0 Å². The highest BCUT2D eigenvalue weighted by Gasteiger charge is 2.19. The number of ether oxygens (including phenoxy) is 3. The van der Waals surface area contributed by atoms with E-state index in [1.165, 1.54) is 289 Å². The third kappa shape index (κ3) is 64.6. The van der Waals surface area contributed by atoms with Crippen molar-refractivity contribution in [1.29, 1.82) is 0 Å². The summed E-state index contributed by atoms with van der Waals surface area (Å²) < 4.78 is 17.0. The van der Waals surface area contributed by atoms with E-state index in [0.29, 0.717) is 19.3 Å². The van der Waals surface area contributed by atoms with Crippen LogP contribution in [0.3, 0.4) is 0 Å². The van der Waals surface area contributed by atoms with Crippen LogP contribution in [0.1, 0.15) is 393 Å². The predicted octanol–water partition coefficient (Wildman–Crippen LogP) is 23.8. The van der Waals surface area contributed by atoms with Gasteiger partial charge in [0.25, 0.3) is 0 Å². The van der Waals surface area contributed by atoms with E-state index >= 15 is 0 Å². The predicted molar refractivity (Wildman–Crippen MR) is 335 cm³/mol. The van der Waals surface area contributed by atoms with Crippen molar-refractivity contribution in [1.82, 2.24) is 0 Å². The second kappa shape index (κ2) is 66.4. The standard InChI is InChI=1S/C71H134O6/c1-4-7-10-13-16-19-22-24-26-28-30-32-34-35-37-38-40-42-44-46-49-52-55-58-61-64-70(73)76-67-68(66-75-69(72)63-60-57-54-51-48-21-18-15-12-9-6-3)77-71(74)65-62-59-56-53-50-47-45-43-41-39-36-33-31-29-27-25-23-20-17-14-11-8-5-2/h23,25,29,31,68H,4-22,24,26-28,30,32-67H2,1-3H3/b25-23-,31-29-. The largest absolute Gasteiger partial charge is 0.462 e. The summed E-state index contributed by atoms with van der Waals surface area (Å²) in [5.41, 5.74) is 0. The van der Waals surface area contributed by atoms with E-state index in [4.69, 9.17) is 14.2 Å². The van der Waals surface area contributed by atoms with Crippen molar-refractivity contribution in [3.63, 3.8) is 0 Å². The van der Waals surface area contributed by atoms with Crippen LogP contribution >= 0.6 is 0 Å². The highest BCUT2D eigenvalue weighted by atomic mass is 16.6. The molecule has 0 aliphatic heterocycles. The van der Waals surface area contributed by atoms with Crippen LogP contribution in [0.4, 0.5) is 0 Å². The first kappa shape index (κ1) is 74.9. The lowest BCUT2D eigenvalue weighted by Gasteiger charge is -2.18. The second-order valence-corrected chi connectivity index (χ2v) is 23.8. The molecule has 6 nitrogen and oxygen atoms in total. The van der Waals surface area contributed by atoms with Gasteiger partial charge in [-0.1, -0.05) is 347 Å². The maximum absolute atomic E-state index is 12.9. The minimum Gasteiger partial charge on any atom is -0.462 e. The Morgan fingerprint density at radius 3 is 0.714 bits per heavy atom. The SMILES string of the molecule is CCCCCCC/C=C\C/C=C\CCCCCCCCCCCCCC(=O)OC(COC(=O)CCCCCCCCCCCCC)COC(=O)CCCCCCCCCCCCCCCCCCCCCCCCCCC. The average molecular weight is 1080 g/mol. The third-order valence-corrected chi connectivity index (χ3v) is 16.0. The van der Waals surface area contributed by atoms with Crippen molar-refractivity contribution in [2.24, 2.45) is 0 Å². The van der Waals surface area contributed by atoms with Crippen molar-refractivity contribution in [2.45, 2.75) is 399 Å². The van der Waals surface area contributed by atoms with Crippen LogP contribution in [0.5, 0.6) is 0 Å². The Morgan fingerprint density at radius 2 is 0.468 bits per heavy atom. The molecule has 0 fully saturated rings. The molecule has 0 aromatic heterocycles. The molecule has 0 amide bonds. The lowest BCUT2D eigenvalue weighted by atomic mass is 10.0. The van der Waals surface area contributed by atoms with Gasteiger partial charge in [0.2, 0.25) is 0 Å². The first-order valence-electron chi connectivity index (χ1n) is 34.8. The van der Waals surface area contributed by atoms with Crippen LogP contribution in [-0.4, -0.2) is 37.2 Å². The number of esters is 3. The summed E-state index contributed by atoms with van der Waals surface area (Å²) in [5, 5.41) is 0. The molecule has 0 N–H and O–H groups in total. The van der Waals surface area contributed by atoms with Crippen molar-refractivity contribution < 1.29 is 28.6 Å². The van der Waals surface area contributed by atoms with Gasteiger partial charge < -0.3 is 14.2 Å². The first-order chi connectivity index (χ1) is 38.0. The highest BCUT2D eigenvalue weighted by Crippen LogP contribution is 2.19. The van der Waals surface area contributed by atoms with Crippen LogP contribution in [-0.2, 0) is 28.6 Å². The van der Waals surface area contributed by atoms with Crippen LogP contribution in [0.2, 0.25) is 0 Å². The maximum atomic E-state index is 12.9. The molecular formula is C71H134O6. The molecule has 0 aliphatic carbocycles. The van der Waals surface area contributed by atoms with Gasteiger partial charge in [0.1, 0.15) is 13.2 Å². The van der Waals surface area contributed by atoms with Gasteiger partial charge in [-0.05, 0) is 51.4 Å². The summed E-state index contributed by atoms with van der Waals surface area (Å²) >= 11 is 0. The van der Waals surface area contributed by atoms with Gasteiger partial charge in [0.15, 0.2) is 6.10 Å². The Labute approximate surface area is 481 Å². The summed E-state index contributed by atoms with van der Waals surface area (Å²) in [4.78, 5) is 38.3. The fourth-order valence-electron chi connectivity index (χ4n) is 10.7. The maximum Gasteiger partial charge on any atom is 0.306 e. The molecule has 0 aromatic rings. The monoisotopic (exact) mass is 1080 g/mol. The van der Waals surface area contributed by atoms with Crippen LogP contribution in [0.25, 0.3) is 0 Å². The quantitative estimate of drug-likeness (QED) is 0.0261. The number of allylic oxidation sites excluding steroid dienone is 4. The van der Waals surface area contributed by atoms with E-state index < -0.39 is 6.10 Å². The smallest absolute Gasteiger partial charge is 0.306 e. The van der Waals surface area contributed by atoms with E-state index in [0.717, 1.165) is 64.2 Å². The van der Waals surface area contributed by atoms with Crippen LogP contribution in [0, 0.1) is 0 Å². The molecule has 1 atom stereocenters. The van der Waals surface area contributed by atoms with Crippen molar-refractivity contribution in [3.05, 3.63) is 24.3 Å². The van der Waals surface area contributed by atoms with Gasteiger partial charge in [0, 0.05) is 19.3 Å². The number of hydrogen-bond donors (Lipinski definition) is 0. The fraction of sp³-hybridized carbons (Fsp3) is 0.901. The van der Waals surface area contributed by atoms with Crippen molar-refractivity contribution in [3.8, 4) is 0 Å². The second-order valence-electron chi connectivity index (χ2n) is 23.8. The molecule has 0 saturated carbocycles. The molecule has 454 valence electrons. The highest BCUT2D eigenvalue weighted by molar-refractivity contribution is 5.71. The zero-order valence-electron chi connectivity index (χ0n) is 52.3. The number of carbonyl (C=O) groups is 3. The third-order valence-electron chi connectivity index (χ3n) is 16.0. The van der Waals surface area contributed by atoms with Crippen molar-refractivity contribution >= 4 is 17.9 Å². The molecular weight excluding hydrogens is 949 g/mol. The Morgan fingerprint density at radius 1 is 0.260 bits per heavy atom. The van der Waals surface area contributed by atoms with Gasteiger partial charge in [-0.15, -0.1) is 0 Å². The summed E-state index contributed by atoms with van der Waals surface area (Å²) in [6, 6.07) is 0. The molecule has 0 aliphatic rings. The number of rotatable bonds is 65. The molecule has 0 rings (SSSR count). The fourth-order valence-corrected chi connectivity index (χ4v) is 10.7. The summed E-state index contributed by atoms with van der Waals surface area (Å²) in [6.07, 6.45) is 80.7. The Bertz CT molecular complexity index is 1240. The minimum atomic E-state index is -0.768. The number of carbonyl (C=O) groups excluding carboxylic acids is 3.